The zero-order valence-electron chi connectivity index (χ0n) is 7.03. The van der Waals surface area contributed by atoms with Crippen molar-refractivity contribution < 1.29 is 9.52 Å². The number of furan rings is 1. The Labute approximate surface area is 71.5 Å². The lowest BCUT2D eigenvalue weighted by Crippen LogP contribution is -2.25. The molecule has 0 radical (unpaired) electrons. The third-order valence-corrected chi connectivity index (χ3v) is 1.69. The van der Waals surface area contributed by atoms with Crippen LogP contribution in [0, 0.1) is 0 Å². The lowest BCUT2D eigenvalue weighted by atomic mass is 10.1. The fourth-order valence-electron chi connectivity index (χ4n) is 0.849. The molecule has 0 saturated heterocycles. The molecule has 1 aromatic heterocycles. The lowest BCUT2D eigenvalue weighted by molar-refractivity contribution is 0.280. The van der Waals surface area contributed by atoms with Gasteiger partial charge < -0.3 is 15.3 Å². The highest BCUT2D eigenvalue weighted by Gasteiger charge is 2.02. The number of aliphatic hydroxyl groups is 1. The minimum Gasteiger partial charge on any atom is -0.465 e. The predicted octanol–water partition coefficient (Wildman–Crippen LogP) is 1.00. The van der Waals surface area contributed by atoms with E-state index in [4.69, 9.17) is 15.3 Å². The van der Waals surface area contributed by atoms with Crippen LogP contribution in [0.5, 0.6) is 0 Å². The van der Waals surface area contributed by atoms with Crippen LogP contribution in [-0.4, -0.2) is 17.8 Å². The summed E-state index contributed by atoms with van der Waals surface area (Å²) in [4.78, 5) is 0. The fourth-order valence-corrected chi connectivity index (χ4v) is 0.849. The second kappa shape index (κ2) is 4.09. The molecule has 3 heteroatoms. The van der Waals surface area contributed by atoms with Gasteiger partial charge in [-0.05, 0) is 25.1 Å². The van der Waals surface area contributed by atoms with Crippen molar-refractivity contribution >= 4 is 6.08 Å². The maximum atomic E-state index is 8.74. The predicted molar refractivity (Wildman–Crippen MR) is 47.4 cm³/mol. The molecule has 0 aliphatic rings. The van der Waals surface area contributed by atoms with Crippen molar-refractivity contribution in [3.63, 3.8) is 0 Å². The van der Waals surface area contributed by atoms with Crippen LogP contribution in [0.15, 0.2) is 28.4 Å². The van der Waals surface area contributed by atoms with Gasteiger partial charge in [-0.25, -0.2) is 0 Å². The number of aliphatic hydroxyl groups excluding tert-OH is 1. The summed E-state index contributed by atoms with van der Waals surface area (Å²) in [6.45, 7) is 1.83. The van der Waals surface area contributed by atoms with Crippen molar-refractivity contribution in [1.29, 1.82) is 0 Å². The number of hydrogen-bond donors (Lipinski definition) is 2. The molecular weight excluding hydrogens is 154 g/mol. The molecule has 3 nitrogen and oxygen atoms in total. The summed E-state index contributed by atoms with van der Waals surface area (Å²) < 4.78 is 5.09. The van der Waals surface area contributed by atoms with Crippen LogP contribution in [0.3, 0.4) is 0 Å². The summed E-state index contributed by atoms with van der Waals surface area (Å²) >= 11 is 0. The van der Waals surface area contributed by atoms with Gasteiger partial charge in [0, 0.05) is 6.04 Å². The standard InChI is InChI=1S/C9H13NO2/c1-7(9(10)6-11)5-8-3-2-4-12-8/h2-5,9,11H,6,10H2,1H3/b7-5+. The van der Waals surface area contributed by atoms with Crippen molar-refractivity contribution in [1.82, 2.24) is 0 Å². The summed E-state index contributed by atoms with van der Waals surface area (Å²) in [7, 11) is 0. The van der Waals surface area contributed by atoms with Crippen LogP contribution in [-0.2, 0) is 0 Å². The SMILES string of the molecule is C/C(=C\c1ccco1)C(N)CO. The molecule has 3 N–H and O–H groups in total. The quantitative estimate of drug-likeness (QED) is 0.706. The van der Waals surface area contributed by atoms with E-state index in [1.165, 1.54) is 0 Å². The Morgan fingerprint density at radius 1 is 1.83 bits per heavy atom. The van der Waals surface area contributed by atoms with Gasteiger partial charge in [-0.1, -0.05) is 5.57 Å². The van der Waals surface area contributed by atoms with Crippen molar-refractivity contribution in [3.8, 4) is 0 Å². The van der Waals surface area contributed by atoms with E-state index in [0.29, 0.717) is 0 Å². The zero-order valence-corrected chi connectivity index (χ0v) is 7.03. The molecule has 0 fully saturated rings. The summed E-state index contributed by atoms with van der Waals surface area (Å²) in [5.41, 5.74) is 6.48. The van der Waals surface area contributed by atoms with Crippen LogP contribution in [0.25, 0.3) is 6.08 Å². The molecule has 66 valence electrons. The molecule has 0 amide bonds. The molecule has 0 aromatic carbocycles. The van der Waals surface area contributed by atoms with E-state index in [-0.39, 0.29) is 12.6 Å². The number of nitrogens with two attached hydrogens (primary N) is 1. The Hall–Kier alpha value is -1.06. The third-order valence-electron chi connectivity index (χ3n) is 1.69. The lowest BCUT2D eigenvalue weighted by Gasteiger charge is -2.06. The van der Waals surface area contributed by atoms with E-state index in [0.717, 1.165) is 11.3 Å². The first-order valence-electron chi connectivity index (χ1n) is 3.82. The minimum atomic E-state index is -0.296. The molecule has 1 heterocycles. The topological polar surface area (TPSA) is 59.4 Å². The van der Waals surface area contributed by atoms with Crippen LogP contribution in [0.2, 0.25) is 0 Å². The van der Waals surface area contributed by atoms with Crippen LogP contribution in [0.1, 0.15) is 12.7 Å². The molecular formula is C9H13NO2. The molecule has 0 saturated carbocycles. The second-order valence-electron chi connectivity index (χ2n) is 2.69. The highest BCUT2D eigenvalue weighted by molar-refractivity contribution is 5.47. The van der Waals surface area contributed by atoms with Crippen LogP contribution >= 0.6 is 0 Å². The Balaban J connectivity index is 2.69. The summed E-state index contributed by atoms with van der Waals surface area (Å²) in [5, 5.41) is 8.74. The van der Waals surface area contributed by atoms with Gasteiger partial charge in [0.2, 0.25) is 0 Å². The Bertz CT molecular complexity index is 252. The van der Waals surface area contributed by atoms with Gasteiger partial charge in [0.05, 0.1) is 12.9 Å². The summed E-state index contributed by atoms with van der Waals surface area (Å²) in [5.74, 6) is 0.761. The van der Waals surface area contributed by atoms with E-state index >= 15 is 0 Å². The Morgan fingerprint density at radius 3 is 3.08 bits per heavy atom. The van der Waals surface area contributed by atoms with E-state index in [1.807, 2.05) is 25.1 Å². The van der Waals surface area contributed by atoms with E-state index in [1.54, 1.807) is 6.26 Å². The summed E-state index contributed by atoms with van der Waals surface area (Å²) in [6.07, 6.45) is 3.42. The first-order chi connectivity index (χ1) is 5.74. The van der Waals surface area contributed by atoms with Crippen molar-refractivity contribution in [2.24, 2.45) is 5.73 Å². The van der Waals surface area contributed by atoms with E-state index < -0.39 is 0 Å². The van der Waals surface area contributed by atoms with Crippen molar-refractivity contribution in [2.75, 3.05) is 6.61 Å². The first-order valence-corrected chi connectivity index (χ1v) is 3.82. The van der Waals surface area contributed by atoms with Gasteiger partial charge in [0.1, 0.15) is 5.76 Å². The maximum Gasteiger partial charge on any atom is 0.126 e. The third kappa shape index (κ3) is 2.22. The normalized spacial score (nSPS) is 14.8. The van der Waals surface area contributed by atoms with Gasteiger partial charge in [-0.15, -0.1) is 0 Å². The monoisotopic (exact) mass is 167 g/mol. The molecule has 1 rings (SSSR count). The van der Waals surface area contributed by atoms with Crippen LogP contribution in [0.4, 0.5) is 0 Å². The maximum absolute atomic E-state index is 8.74. The van der Waals surface area contributed by atoms with Gasteiger partial charge in [-0.2, -0.15) is 0 Å². The molecule has 1 unspecified atom stereocenters. The molecule has 1 atom stereocenters. The first kappa shape index (κ1) is 9.03. The fraction of sp³-hybridized carbons (Fsp3) is 0.333. The number of rotatable bonds is 3. The molecule has 0 aliphatic heterocycles. The zero-order chi connectivity index (χ0) is 8.97. The molecule has 0 aliphatic carbocycles. The average Bonchev–Trinajstić information content (AvgIpc) is 2.55. The number of hydrogen-bond acceptors (Lipinski definition) is 3. The van der Waals surface area contributed by atoms with Crippen molar-refractivity contribution in [2.45, 2.75) is 13.0 Å². The smallest absolute Gasteiger partial charge is 0.126 e. The summed E-state index contributed by atoms with van der Waals surface area (Å²) in [6, 6.07) is 3.35. The molecule has 12 heavy (non-hydrogen) atoms. The second-order valence-corrected chi connectivity index (χ2v) is 2.69. The average molecular weight is 167 g/mol. The largest absolute Gasteiger partial charge is 0.465 e. The highest BCUT2D eigenvalue weighted by atomic mass is 16.3. The van der Waals surface area contributed by atoms with Gasteiger partial charge in [-0.3, -0.25) is 0 Å². The Kier molecular flexibility index (Phi) is 3.08. The molecule has 1 aromatic rings. The van der Waals surface area contributed by atoms with E-state index in [9.17, 15) is 0 Å². The van der Waals surface area contributed by atoms with Gasteiger partial charge >= 0.3 is 0 Å². The molecule has 0 spiro atoms. The highest BCUT2D eigenvalue weighted by Crippen LogP contribution is 2.08. The Morgan fingerprint density at radius 2 is 2.58 bits per heavy atom. The molecule has 0 bridgehead atoms. The van der Waals surface area contributed by atoms with Gasteiger partial charge in [0.15, 0.2) is 0 Å². The van der Waals surface area contributed by atoms with E-state index in [2.05, 4.69) is 0 Å². The van der Waals surface area contributed by atoms with Gasteiger partial charge in [0.25, 0.3) is 0 Å². The van der Waals surface area contributed by atoms with Crippen LogP contribution < -0.4 is 5.73 Å². The minimum absolute atomic E-state index is 0.0386. The van der Waals surface area contributed by atoms with Crippen molar-refractivity contribution in [3.05, 3.63) is 29.7 Å².